The number of aromatic nitrogens is 1. The Morgan fingerprint density at radius 3 is 2.82 bits per heavy atom. The molecule has 0 aliphatic rings. The van der Waals surface area contributed by atoms with Gasteiger partial charge in [0.05, 0.1) is 0 Å². The van der Waals surface area contributed by atoms with Crippen LogP contribution in [0.4, 0.5) is 5.69 Å². The predicted octanol–water partition coefficient (Wildman–Crippen LogP) is 4.02. The topological polar surface area (TPSA) is 55.1 Å². The van der Waals surface area contributed by atoms with E-state index in [0.717, 1.165) is 27.9 Å². The van der Waals surface area contributed by atoms with Crippen LogP contribution in [0.3, 0.4) is 0 Å². The molecule has 4 nitrogen and oxygen atoms in total. The minimum absolute atomic E-state index is 0.0192. The molecule has 0 radical (unpaired) electrons. The molecule has 1 aromatic heterocycles. The smallest absolute Gasteiger partial charge is 0.224 e. The molecule has 22 heavy (non-hydrogen) atoms. The van der Waals surface area contributed by atoms with E-state index in [-0.39, 0.29) is 5.91 Å². The van der Waals surface area contributed by atoms with Crippen molar-refractivity contribution in [3.63, 3.8) is 0 Å². The third kappa shape index (κ3) is 3.17. The van der Waals surface area contributed by atoms with E-state index in [0.29, 0.717) is 18.7 Å². The highest BCUT2D eigenvalue weighted by Gasteiger charge is 2.07. The van der Waals surface area contributed by atoms with E-state index < -0.39 is 0 Å². The van der Waals surface area contributed by atoms with Gasteiger partial charge in [-0.25, -0.2) is 4.98 Å². The number of carbonyl (C=O) groups is 1. The van der Waals surface area contributed by atoms with Gasteiger partial charge >= 0.3 is 0 Å². The number of nitrogens with zero attached hydrogens (tertiary/aromatic N) is 1. The molecule has 112 valence electrons. The van der Waals surface area contributed by atoms with Gasteiger partial charge in [-0.1, -0.05) is 24.3 Å². The summed E-state index contributed by atoms with van der Waals surface area (Å²) in [4.78, 5) is 16.4. The van der Waals surface area contributed by atoms with Crippen molar-refractivity contribution in [1.82, 2.24) is 4.98 Å². The van der Waals surface area contributed by atoms with Crippen LogP contribution < -0.4 is 5.32 Å². The van der Waals surface area contributed by atoms with Crippen molar-refractivity contribution >= 4 is 22.7 Å². The van der Waals surface area contributed by atoms with Gasteiger partial charge in [0.15, 0.2) is 11.5 Å². The molecule has 1 heterocycles. The number of amides is 1. The first kappa shape index (κ1) is 14.3. The van der Waals surface area contributed by atoms with Crippen LogP contribution in [0.1, 0.15) is 23.4 Å². The molecule has 0 saturated carbocycles. The molecule has 3 rings (SSSR count). The number of hydrogen-bond acceptors (Lipinski definition) is 3. The Morgan fingerprint density at radius 1 is 1.18 bits per heavy atom. The van der Waals surface area contributed by atoms with Crippen LogP contribution in [-0.4, -0.2) is 10.9 Å². The largest absolute Gasteiger partial charge is 0.441 e. The Labute approximate surface area is 129 Å². The predicted molar refractivity (Wildman–Crippen MR) is 86.9 cm³/mol. The molecule has 0 atom stereocenters. The minimum Gasteiger partial charge on any atom is -0.441 e. The van der Waals surface area contributed by atoms with Crippen molar-refractivity contribution in [2.45, 2.75) is 26.7 Å². The molecule has 0 spiro atoms. The fourth-order valence-corrected chi connectivity index (χ4v) is 2.43. The third-order valence-corrected chi connectivity index (χ3v) is 3.62. The summed E-state index contributed by atoms with van der Waals surface area (Å²) in [5.74, 6) is 0.676. The lowest BCUT2D eigenvalue weighted by molar-refractivity contribution is -0.116. The number of anilines is 1. The summed E-state index contributed by atoms with van der Waals surface area (Å²) in [7, 11) is 0. The lowest BCUT2D eigenvalue weighted by atomic mass is 10.1. The monoisotopic (exact) mass is 294 g/mol. The summed E-state index contributed by atoms with van der Waals surface area (Å²) in [6.45, 7) is 3.81. The van der Waals surface area contributed by atoms with Crippen molar-refractivity contribution in [2.24, 2.45) is 0 Å². The zero-order chi connectivity index (χ0) is 15.5. The number of fused-ring (bicyclic) bond motifs is 1. The number of benzene rings is 2. The van der Waals surface area contributed by atoms with Gasteiger partial charge in [0, 0.05) is 19.0 Å². The highest BCUT2D eigenvalue weighted by molar-refractivity contribution is 5.91. The Bertz CT molecular complexity index is 821. The number of oxazole rings is 1. The highest BCUT2D eigenvalue weighted by Crippen LogP contribution is 2.18. The van der Waals surface area contributed by atoms with Crippen molar-refractivity contribution in [2.75, 3.05) is 5.32 Å². The van der Waals surface area contributed by atoms with Crippen LogP contribution in [-0.2, 0) is 11.2 Å². The number of para-hydroxylation sites is 1. The molecule has 1 amide bonds. The molecule has 2 aromatic carbocycles. The third-order valence-electron chi connectivity index (χ3n) is 3.62. The van der Waals surface area contributed by atoms with Crippen LogP contribution >= 0.6 is 0 Å². The molecule has 1 N–H and O–H groups in total. The Kier molecular flexibility index (Phi) is 3.92. The zero-order valence-electron chi connectivity index (χ0n) is 12.7. The second-order valence-electron chi connectivity index (χ2n) is 5.40. The van der Waals surface area contributed by atoms with Crippen LogP contribution in [0.25, 0.3) is 11.1 Å². The maximum absolute atomic E-state index is 12.1. The van der Waals surface area contributed by atoms with Crippen molar-refractivity contribution in [3.05, 3.63) is 59.5 Å². The Balaban J connectivity index is 1.63. The Morgan fingerprint density at radius 2 is 2.00 bits per heavy atom. The molecular weight excluding hydrogens is 276 g/mol. The fourth-order valence-electron chi connectivity index (χ4n) is 2.43. The van der Waals surface area contributed by atoms with E-state index in [9.17, 15) is 4.79 Å². The molecule has 0 unspecified atom stereocenters. The first-order valence-corrected chi connectivity index (χ1v) is 7.33. The molecule has 0 aliphatic carbocycles. The first-order valence-electron chi connectivity index (χ1n) is 7.33. The summed E-state index contributed by atoms with van der Waals surface area (Å²) in [5.41, 5.74) is 4.64. The van der Waals surface area contributed by atoms with E-state index in [2.05, 4.69) is 10.3 Å². The van der Waals surface area contributed by atoms with Gasteiger partial charge in [-0.2, -0.15) is 0 Å². The Hall–Kier alpha value is -2.62. The van der Waals surface area contributed by atoms with Gasteiger partial charge < -0.3 is 9.73 Å². The molecule has 0 saturated heterocycles. The van der Waals surface area contributed by atoms with Crippen LogP contribution in [0.5, 0.6) is 0 Å². The van der Waals surface area contributed by atoms with E-state index in [4.69, 9.17) is 4.42 Å². The second-order valence-corrected chi connectivity index (χ2v) is 5.40. The van der Waals surface area contributed by atoms with Crippen molar-refractivity contribution < 1.29 is 9.21 Å². The van der Waals surface area contributed by atoms with Gasteiger partial charge in [-0.3, -0.25) is 4.79 Å². The molecule has 4 heteroatoms. The van der Waals surface area contributed by atoms with Crippen LogP contribution in [0.15, 0.2) is 46.9 Å². The first-order chi connectivity index (χ1) is 10.6. The number of rotatable bonds is 4. The fraction of sp³-hybridized carbons (Fsp3) is 0.222. The normalized spacial score (nSPS) is 10.8. The van der Waals surface area contributed by atoms with Gasteiger partial charge in [-0.15, -0.1) is 0 Å². The molecule has 0 aliphatic heterocycles. The van der Waals surface area contributed by atoms with E-state index in [1.54, 1.807) is 0 Å². The van der Waals surface area contributed by atoms with Gasteiger partial charge in [0.1, 0.15) is 5.52 Å². The zero-order valence-corrected chi connectivity index (χ0v) is 12.7. The minimum atomic E-state index is 0.0192. The van der Waals surface area contributed by atoms with E-state index >= 15 is 0 Å². The molecule has 0 fully saturated rings. The number of carbonyl (C=O) groups excluding carboxylic acids is 1. The van der Waals surface area contributed by atoms with Gasteiger partial charge in [-0.05, 0) is 42.7 Å². The molecular formula is C18H18N2O2. The summed E-state index contributed by atoms with van der Waals surface area (Å²) in [6, 6.07) is 13.6. The second kappa shape index (κ2) is 6.02. The summed E-state index contributed by atoms with van der Waals surface area (Å²) < 4.78 is 5.45. The van der Waals surface area contributed by atoms with Crippen LogP contribution in [0, 0.1) is 13.8 Å². The number of hydrogen-bond donors (Lipinski definition) is 1. The maximum Gasteiger partial charge on any atom is 0.224 e. The van der Waals surface area contributed by atoms with Crippen molar-refractivity contribution in [1.29, 1.82) is 0 Å². The summed E-state index contributed by atoms with van der Waals surface area (Å²) in [5, 5.41) is 2.95. The van der Waals surface area contributed by atoms with Crippen molar-refractivity contribution in [3.8, 4) is 0 Å². The lowest BCUT2D eigenvalue weighted by Gasteiger charge is -2.08. The van der Waals surface area contributed by atoms with Crippen LogP contribution in [0.2, 0.25) is 0 Å². The molecule has 0 bridgehead atoms. The summed E-state index contributed by atoms with van der Waals surface area (Å²) >= 11 is 0. The highest BCUT2D eigenvalue weighted by atomic mass is 16.3. The average Bonchev–Trinajstić information content (AvgIpc) is 2.87. The van der Waals surface area contributed by atoms with E-state index in [1.807, 2.05) is 56.3 Å². The van der Waals surface area contributed by atoms with E-state index in [1.165, 1.54) is 0 Å². The quantitative estimate of drug-likeness (QED) is 0.790. The number of aryl methyl sites for hydroxylation is 3. The molecule has 3 aromatic rings. The van der Waals surface area contributed by atoms with Gasteiger partial charge in [0.2, 0.25) is 5.91 Å². The maximum atomic E-state index is 12.1. The van der Waals surface area contributed by atoms with Gasteiger partial charge in [0.25, 0.3) is 0 Å². The lowest BCUT2D eigenvalue weighted by Crippen LogP contribution is -2.13. The summed E-state index contributed by atoms with van der Waals surface area (Å²) in [6.07, 6.45) is 1.12. The standard InChI is InChI=1S/C18H18N2O2/c1-12-5-3-4-6-15(12)20-18(21)10-8-14-7-9-17-16(11-14)19-13(2)22-17/h3-7,9,11H,8,10H2,1-2H3,(H,20,21). The average molecular weight is 294 g/mol. The number of nitrogens with one attached hydrogen (secondary N) is 1. The SMILES string of the molecule is Cc1nc2cc(CCC(=O)Nc3ccccc3C)ccc2o1.